The molecule has 0 aliphatic rings. The molecule has 0 aliphatic carbocycles. The van der Waals surface area contributed by atoms with Gasteiger partial charge in [-0.1, -0.05) is 17.7 Å². The minimum Gasteiger partial charge on any atom is -0.339 e. The highest BCUT2D eigenvalue weighted by molar-refractivity contribution is 5.97. The Hall–Kier alpha value is -1.35. The highest BCUT2D eigenvalue weighted by atomic mass is 16.2. The third-order valence-electron chi connectivity index (χ3n) is 3.46. The van der Waals surface area contributed by atoms with Crippen molar-refractivity contribution in [1.29, 1.82) is 0 Å². The van der Waals surface area contributed by atoms with E-state index in [4.69, 9.17) is 5.73 Å². The molecule has 0 aromatic heterocycles. The van der Waals surface area contributed by atoms with Crippen LogP contribution in [0.2, 0.25) is 0 Å². The van der Waals surface area contributed by atoms with Crippen LogP contribution in [0, 0.1) is 20.8 Å². The number of amides is 1. The van der Waals surface area contributed by atoms with Gasteiger partial charge in [-0.25, -0.2) is 0 Å². The SMILES string of the molecule is Cc1cc(C)c(C(=O)N(C)C(C)CCN)c(C)c1. The van der Waals surface area contributed by atoms with Crippen LogP contribution >= 0.6 is 0 Å². The lowest BCUT2D eigenvalue weighted by atomic mass is 9.98. The Morgan fingerprint density at radius 2 is 1.78 bits per heavy atom. The lowest BCUT2D eigenvalue weighted by molar-refractivity contribution is 0.0737. The molecule has 1 amide bonds. The minimum absolute atomic E-state index is 0.0888. The summed E-state index contributed by atoms with van der Waals surface area (Å²) in [7, 11) is 1.85. The molecule has 0 fully saturated rings. The molecule has 18 heavy (non-hydrogen) atoms. The largest absolute Gasteiger partial charge is 0.339 e. The molecule has 2 N–H and O–H groups in total. The molecule has 100 valence electrons. The normalized spacial score (nSPS) is 12.3. The van der Waals surface area contributed by atoms with Crippen LogP contribution in [0.3, 0.4) is 0 Å². The summed E-state index contributed by atoms with van der Waals surface area (Å²) in [5.41, 5.74) is 9.66. The van der Waals surface area contributed by atoms with Gasteiger partial charge in [0.05, 0.1) is 0 Å². The van der Waals surface area contributed by atoms with Crippen LogP contribution in [-0.4, -0.2) is 30.4 Å². The summed E-state index contributed by atoms with van der Waals surface area (Å²) in [6.45, 7) is 8.67. The quantitative estimate of drug-likeness (QED) is 0.889. The maximum absolute atomic E-state index is 12.5. The Morgan fingerprint density at radius 3 is 2.22 bits per heavy atom. The van der Waals surface area contributed by atoms with E-state index in [0.717, 1.165) is 23.1 Å². The first-order valence-electron chi connectivity index (χ1n) is 6.43. The van der Waals surface area contributed by atoms with Gasteiger partial charge in [0.1, 0.15) is 0 Å². The molecule has 0 bridgehead atoms. The van der Waals surface area contributed by atoms with E-state index in [9.17, 15) is 4.79 Å². The summed E-state index contributed by atoms with van der Waals surface area (Å²) >= 11 is 0. The van der Waals surface area contributed by atoms with Crippen LogP contribution < -0.4 is 5.73 Å². The fourth-order valence-corrected chi connectivity index (χ4v) is 2.33. The molecule has 1 atom stereocenters. The number of hydrogen-bond acceptors (Lipinski definition) is 2. The molecule has 1 aromatic carbocycles. The zero-order valence-electron chi connectivity index (χ0n) is 12.1. The Labute approximate surface area is 110 Å². The molecule has 3 heteroatoms. The van der Waals surface area contributed by atoms with Crippen LogP contribution in [0.4, 0.5) is 0 Å². The van der Waals surface area contributed by atoms with Gasteiger partial charge in [0.2, 0.25) is 0 Å². The van der Waals surface area contributed by atoms with Gasteiger partial charge in [0.15, 0.2) is 0 Å². The second kappa shape index (κ2) is 6.01. The molecule has 0 heterocycles. The molecular formula is C15H24N2O. The van der Waals surface area contributed by atoms with E-state index in [2.05, 4.69) is 19.1 Å². The predicted octanol–water partition coefficient (Wildman–Crippen LogP) is 2.42. The maximum Gasteiger partial charge on any atom is 0.254 e. The molecule has 0 saturated carbocycles. The van der Waals surface area contributed by atoms with E-state index in [0.29, 0.717) is 6.54 Å². The van der Waals surface area contributed by atoms with Gasteiger partial charge < -0.3 is 10.6 Å². The predicted molar refractivity (Wildman–Crippen MR) is 75.9 cm³/mol. The molecule has 0 aliphatic heterocycles. The summed E-state index contributed by atoms with van der Waals surface area (Å²) < 4.78 is 0. The Morgan fingerprint density at radius 1 is 1.28 bits per heavy atom. The van der Waals surface area contributed by atoms with Gasteiger partial charge in [-0.15, -0.1) is 0 Å². The fraction of sp³-hybridized carbons (Fsp3) is 0.533. The number of carbonyl (C=O) groups excluding carboxylic acids is 1. The maximum atomic E-state index is 12.5. The van der Waals surface area contributed by atoms with Crippen molar-refractivity contribution in [2.24, 2.45) is 5.73 Å². The Balaban J connectivity index is 3.04. The minimum atomic E-state index is 0.0888. The standard InChI is InChI=1S/C15H24N2O/c1-10-8-11(2)14(12(3)9-10)15(18)17(5)13(4)6-7-16/h8-9,13H,6-7,16H2,1-5H3. The summed E-state index contributed by atoms with van der Waals surface area (Å²) in [5.74, 6) is 0.0888. The van der Waals surface area contributed by atoms with E-state index in [-0.39, 0.29) is 11.9 Å². The monoisotopic (exact) mass is 248 g/mol. The van der Waals surface area contributed by atoms with Crippen molar-refractivity contribution in [3.8, 4) is 0 Å². The average Bonchev–Trinajstić information content (AvgIpc) is 2.26. The number of benzene rings is 1. The van der Waals surface area contributed by atoms with Gasteiger partial charge in [-0.05, 0) is 51.8 Å². The summed E-state index contributed by atoms with van der Waals surface area (Å²) in [6.07, 6.45) is 0.826. The van der Waals surface area contributed by atoms with Crippen molar-refractivity contribution < 1.29 is 4.79 Å². The molecule has 3 nitrogen and oxygen atoms in total. The third-order valence-corrected chi connectivity index (χ3v) is 3.46. The molecule has 1 unspecified atom stereocenters. The number of aryl methyl sites for hydroxylation is 3. The summed E-state index contributed by atoms with van der Waals surface area (Å²) in [6, 6.07) is 4.28. The number of hydrogen-bond donors (Lipinski definition) is 1. The smallest absolute Gasteiger partial charge is 0.254 e. The Bertz CT molecular complexity index is 417. The van der Waals surface area contributed by atoms with E-state index < -0.39 is 0 Å². The van der Waals surface area contributed by atoms with Crippen molar-refractivity contribution in [3.63, 3.8) is 0 Å². The first-order valence-corrected chi connectivity index (χ1v) is 6.43. The van der Waals surface area contributed by atoms with E-state index >= 15 is 0 Å². The fourth-order valence-electron chi connectivity index (χ4n) is 2.33. The van der Waals surface area contributed by atoms with Gasteiger partial charge in [0.25, 0.3) is 5.91 Å². The summed E-state index contributed by atoms with van der Waals surface area (Å²) in [4.78, 5) is 14.3. The van der Waals surface area contributed by atoms with Crippen molar-refractivity contribution in [2.75, 3.05) is 13.6 Å². The van der Waals surface area contributed by atoms with Crippen LogP contribution in [0.5, 0.6) is 0 Å². The zero-order valence-corrected chi connectivity index (χ0v) is 12.1. The van der Waals surface area contributed by atoms with Crippen molar-refractivity contribution >= 4 is 5.91 Å². The second-order valence-electron chi connectivity index (χ2n) is 5.12. The van der Waals surface area contributed by atoms with Crippen LogP contribution in [0.15, 0.2) is 12.1 Å². The molecule has 1 aromatic rings. The molecule has 1 rings (SSSR count). The van der Waals surface area contributed by atoms with Crippen LogP contribution in [-0.2, 0) is 0 Å². The van der Waals surface area contributed by atoms with Gasteiger partial charge in [-0.3, -0.25) is 4.79 Å². The average molecular weight is 248 g/mol. The number of nitrogens with zero attached hydrogens (tertiary/aromatic N) is 1. The lowest BCUT2D eigenvalue weighted by Crippen LogP contribution is -2.37. The van der Waals surface area contributed by atoms with Gasteiger partial charge in [0, 0.05) is 18.7 Å². The molecule has 0 saturated heterocycles. The van der Waals surface area contributed by atoms with Crippen molar-refractivity contribution in [1.82, 2.24) is 4.90 Å². The first kappa shape index (κ1) is 14.7. The first-order chi connectivity index (χ1) is 8.38. The summed E-state index contributed by atoms with van der Waals surface area (Å²) in [5, 5.41) is 0. The number of nitrogens with two attached hydrogens (primary N) is 1. The Kier molecular flexibility index (Phi) is 4.91. The third kappa shape index (κ3) is 3.10. The van der Waals surface area contributed by atoms with E-state index in [1.807, 2.05) is 27.8 Å². The second-order valence-corrected chi connectivity index (χ2v) is 5.12. The topological polar surface area (TPSA) is 46.3 Å². The molecule has 0 spiro atoms. The zero-order chi connectivity index (χ0) is 13.9. The highest BCUT2D eigenvalue weighted by Gasteiger charge is 2.20. The lowest BCUT2D eigenvalue weighted by Gasteiger charge is -2.26. The van der Waals surface area contributed by atoms with Crippen LogP contribution in [0.1, 0.15) is 40.4 Å². The molecular weight excluding hydrogens is 224 g/mol. The van der Waals surface area contributed by atoms with Crippen molar-refractivity contribution in [2.45, 2.75) is 40.2 Å². The number of rotatable bonds is 4. The van der Waals surface area contributed by atoms with E-state index in [1.165, 1.54) is 5.56 Å². The van der Waals surface area contributed by atoms with Gasteiger partial charge in [-0.2, -0.15) is 0 Å². The molecule has 0 radical (unpaired) electrons. The van der Waals surface area contributed by atoms with Crippen molar-refractivity contribution in [3.05, 3.63) is 34.4 Å². The van der Waals surface area contributed by atoms with Crippen LogP contribution in [0.25, 0.3) is 0 Å². The number of carbonyl (C=O) groups is 1. The van der Waals surface area contributed by atoms with E-state index in [1.54, 1.807) is 4.90 Å². The highest BCUT2D eigenvalue weighted by Crippen LogP contribution is 2.19. The van der Waals surface area contributed by atoms with Gasteiger partial charge >= 0.3 is 0 Å².